The molecule has 0 aromatic rings. The predicted molar refractivity (Wildman–Crippen MR) is 45.1 cm³/mol. The second kappa shape index (κ2) is 4.97. The molecule has 6 nitrogen and oxygen atoms in total. The molecule has 0 rings (SSSR count). The van der Waals surface area contributed by atoms with Gasteiger partial charge in [0.15, 0.2) is 0 Å². The second-order valence-electron chi connectivity index (χ2n) is 1.96. The van der Waals surface area contributed by atoms with Crippen molar-refractivity contribution in [2.45, 2.75) is 18.7 Å². The van der Waals surface area contributed by atoms with E-state index in [1.165, 1.54) is 13.8 Å². The largest absolute Gasteiger partial charge is 0.382 e. The van der Waals surface area contributed by atoms with E-state index < -0.39 is 23.4 Å². The van der Waals surface area contributed by atoms with Gasteiger partial charge in [0, 0.05) is 13.2 Å². The Morgan fingerprint density at radius 1 is 1.31 bits per heavy atom. The molecule has 0 fully saturated rings. The van der Waals surface area contributed by atoms with E-state index in [1.54, 1.807) is 0 Å². The highest BCUT2D eigenvalue weighted by molar-refractivity contribution is 7.91. The van der Waals surface area contributed by atoms with Crippen molar-refractivity contribution in [1.29, 1.82) is 0 Å². The molecule has 78 valence electrons. The molecule has 1 N–H and O–H groups in total. The van der Waals surface area contributed by atoms with Gasteiger partial charge in [0.2, 0.25) is 8.46 Å². The van der Waals surface area contributed by atoms with Crippen LogP contribution in [-0.2, 0) is 24.2 Å². The Labute approximate surface area is 78.2 Å². The SMILES string of the molecule is CCOC(OCC)(P=O)S(=O)(=O)O. The Morgan fingerprint density at radius 2 is 1.69 bits per heavy atom. The van der Waals surface area contributed by atoms with Crippen molar-refractivity contribution >= 4 is 18.6 Å². The molecule has 0 heterocycles. The van der Waals surface area contributed by atoms with Crippen molar-refractivity contribution in [3.8, 4) is 0 Å². The van der Waals surface area contributed by atoms with Crippen molar-refractivity contribution in [2.24, 2.45) is 0 Å². The lowest BCUT2D eigenvalue weighted by Gasteiger charge is -2.22. The first-order valence-corrected chi connectivity index (χ1v) is 5.78. The first kappa shape index (κ1) is 12.9. The molecule has 0 radical (unpaired) electrons. The highest BCUT2D eigenvalue weighted by Gasteiger charge is 2.47. The maximum atomic E-state index is 10.8. The summed E-state index contributed by atoms with van der Waals surface area (Å²) in [5.41, 5.74) is 0. The molecule has 0 spiro atoms. The lowest BCUT2D eigenvalue weighted by atomic mass is 10.8. The van der Waals surface area contributed by atoms with E-state index >= 15 is 0 Å². The van der Waals surface area contributed by atoms with Crippen LogP contribution >= 0.6 is 8.46 Å². The molecule has 0 aliphatic heterocycles. The number of hydrogen-bond acceptors (Lipinski definition) is 5. The van der Waals surface area contributed by atoms with Gasteiger partial charge in [-0.15, -0.1) is 0 Å². The molecule has 8 heteroatoms. The quantitative estimate of drug-likeness (QED) is 0.413. The smallest absolute Gasteiger partial charge is 0.327 e. The Bertz CT molecular complexity index is 254. The zero-order valence-corrected chi connectivity index (χ0v) is 8.97. The van der Waals surface area contributed by atoms with E-state index in [4.69, 9.17) is 4.55 Å². The van der Waals surface area contributed by atoms with Gasteiger partial charge in [-0.25, -0.2) is 0 Å². The minimum absolute atomic E-state index is 0.0466. The van der Waals surface area contributed by atoms with Crippen LogP contribution in [0.2, 0.25) is 0 Å². The van der Waals surface area contributed by atoms with Gasteiger partial charge in [-0.1, -0.05) is 0 Å². The highest BCUT2D eigenvalue weighted by atomic mass is 32.2. The first-order valence-electron chi connectivity index (χ1n) is 3.53. The van der Waals surface area contributed by atoms with Gasteiger partial charge in [0.1, 0.15) is 0 Å². The third-order valence-corrected chi connectivity index (χ3v) is 3.38. The van der Waals surface area contributed by atoms with Crippen LogP contribution < -0.4 is 0 Å². The van der Waals surface area contributed by atoms with Crippen LogP contribution in [0.4, 0.5) is 0 Å². The molecule has 0 aliphatic rings. The fourth-order valence-electron chi connectivity index (χ4n) is 0.655. The maximum Gasteiger partial charge on any atom is 0.382 e. The monoisotopic (exact) mass is 230 g/mol. The Kier molecular flexibility index (Phi) is 4.95. The lowest BCUT2D eigenvalue weighted by Crippen LogP contribution is -2.38. The van der Waals surface area contributed by atoms with Crippen LogP contribution in [0.3, 0.4) is 0 Å². The molecule has 0 aromatic heterocycles. The molecule has 0 saturated heterocycles. The van der Waals surface area contributed by atoms with Gasteiger partial charge in [0.25, 0.3) is 0 Å². The first-order chi connectivity index (χ1) is 5.93. The van der Waals surface area contributed by atoms with Gasteiger partial charge in [-0.2, -0.15) is 8.42 Å². The molecular formula is C5H11O6PS. The van der Waals surface area contributed by atoms with Crippen molar-refractivity contribution in [1.82, 2.24) is 0 Å². The van der Waals surface area contributed by atoms with Crippen LogP contribution in [0.15, 0.2) is 0 Å². The average Bonchev–Trinajstić information content (AvgIpc) is 2.02. The van der Waals surface area contributed by atoms with Crippen LogP contribution in [-0.4, -0.2) is 31.0 Å². The van der Waals surface area contributed by atoms with Crippen molar-refractivity contribution in [2.75, 3.05) is 13.2 Å². The summed E-state index contributed by atoms with van der Waals surface area (Å²) >= 11 is 0. The number of hydrogen-bond donors (Lipinski definition) is 1. The summed E-state index contributed by atoms with van der Waals surface area (Å²) in [6.07, 6.45) is 0. The zero-order valence-electron chi connectivity index (χ0n) is 7.26. The van der Waals surface area contributed by atoms with Crippen molar-refractivity contribution < 1.29 is 27.0 Å². The van der Waals surface area contributed by atoms with Gasteiger partial charge in [0.05, 0.1) is 0 Å². The zero-order chi connectivity index (χ0) is 10.5. The molecule has 0 bridgehead atoms. The summed E-state index contributed by atoms with van der Waals surface area (Å²) in [7, 11) is -5.62. The summed E-state index contributed by atoms with van der Waals surface area (Å²) in [6, 6.07) is 0. The normalized spacial score (nSPS) is 13.5. The summed E-state index contributed by atoms with van der Waals surface area (Å²) < 4.78 is 50.0. The van der Waals surface area contributed by atoms with Crippen LogP contribution in [0.25, 0.3) is 0 Å². The highest BCUT2D eigenvalue weighted by Crippen LogP contribution is 2.31. The molecule has 13 heavy (non-hydrogen) atoms. The van der Waals surface area contributed by atoms with Gasteiger partial charge in [-0.05, 0) is 13.8 Å². The second-order valence-corrected chi connectivity index (χ2v) is 4.52. The summed E-state index contributed by atoms with van der Waals surface area (Å²) in [6.45, 7) is 2.89. The average molecular weight is 230 g/mol. The van der Waals surface area contributed by atoms with Gasteiger partial charge < -0.3 is 9.47 Å². The molecule has 0 aliphatic carbocycles. The van der Waals surface area contributed by atoms with E-state index in [1.807, 2.05) is 0 Å². The van der Waals surface area contributed by atoms with Crippen molar-refractivity contribution in [3.05, 3.63) is 0 Å². The fraction of sp³-hybridized carbons (Fsp3) is 1.00. The van der Waals surface area contributed by atoms with Crippen LogP contribution in [0.5, 0.6) is 0 Å². The molecule has 0 amide bonds. The minimum atomic E-state index is -4.67. The van der Waals surface area contributed by atoms with E-state index in [0.717, 1.165) is 0 Å². The van der Waals surface area contributed by atoms with Crippen molar-refractivity contribution in [3.63, 3.8) is 0 Å². The fourth-order valence-corrected chi connectivity index (χ4v) is 1.93. The van der Waals surface area contributed by atoms with E-state index in [0.29, 0.717) is 0 Å². The van der Waals surface area contributed by atoms with E-state index in [9.17, 15) is 13.0 Å². The van der Waals surface area contributed by atoms with Crippen LogP contribution in [0.1, 0.15) is 13.8 Å². The predicted octanol–water partition coefficient (Wildman–Crippen LogP) is 0.850. The molecule has 0 saturated carbocycles. The third kappa shape index (κ3) is 2.96. The maximum absolute atomic E-state index is 10.8. The minimum Gasteiger partial charge on any atom is -0.327 e. The Hall–Kier alpha value is -0.0700. The number of rotatable bonds is 6. The van der Waals surface area contributed by atoms with Gasteiger partial charge in [-0.3, -0.25) is 9.12 Å². The topological polar surface area (TPSA) is 89.9 Å². The Balaban J connectivity index is 4.98. The third-order valence-electron chi connectivity index (χ3n) is 1.09. The molecular weight excluding hydrogens is 219 g/mol. The summed E-state index contributed by atoms with van der Waals surface area (Å²) in [5.74, 6) is 0. The number of ether oxygens (including phenoxy) is 2. The van der Waals surface area contributed by atoms with E-state index in [-0.39, 0.29) is 13.2 Å². The summed E-state index contributed by atoms with van der Waals surface area (Å²) in [5, 5.41) is 0. The van der Waals surface area contributed by atoms with Crippen LogP contribution in [0, 0.1) is 0 Å². The lowest BCUT2D eigenvalue weighted by molar-refractivity contribution is -0.115. The standard InChI is InChI=1S/C5H11O6PS/c1-3-10-5(12-6,11-4-2)13(7,8)9/h3-4H2,1-2H3,(H,7,8,9). The molecule has 0 unspecified atom stereocenters. The molecule has 0 atom stereocenters. The van der Waals surface area contributed by atoms with Gasteiger partial charge >= 0.3 is 15.0 Å². The summed E-state index contributed by atoms with van der Waals surface area (Å²) in [4.78, 5) is -2.48. The van der Waals surface area contributed by atoms with E-state index in [2.05, 4.69) is 9.47 Å². The Morgan fingerprint density at radius 3 is 1.85 bits per heavy atom. The molecule has 0 aromatic carbocycles.